The molecule has 0 bridgehead atoms. The predicted octanol–water partition coefficient (Wildman–Crippen LogP) is 3.99. The number of anilines is 1. The van der Waals surface area contributed by atoms with Gasteiger partial charge in [0.05, 0.1) is 10.9 Å². The van der Waals surface area contributed by atoms with Crippen LogP contribution in [0.25, 0.3) is 0 Å². The highest BCUT2D eigenvalue weighted by atomic mass is 35.5. The number of hydrogen-bond acceptors (Lipinski definition) is 4. The second-order valence-corrected chi connectivity index (χ2v) is 8.61. The Morgan fingerprint density at radius 2 is 1.93 bits per heavy atom. The first-order chi connectivity index (χ1) is 12.6. The van der Waals surface area contributed by atoms with Gasteiger partial charge in [0.1, 0.15) is 0 Å². The zero-order chi connectivity index (χ0) is 18.4. The van der Waals surface area contributed by atoms with Gasteiger partial charge in [-0.1, -0.05) is 37.3 Å². The number of thioether (sulfide) groups is 1. The van der Waals surface area contributed by atoms with Crippen LogP contribution in [0.4, 0.5) is 5.69 Å². The highest BCUT2D eigenvalue weighted by molar-refractivity contribution is 8.01. The molecule has 5 nitrogen and oxygen atoms in total. The van der Waals surface area contributed by atoms with Gasteiger partial charge in [0, 0.05) is 35.5 Å². The average molecular weight is 432 g/mol. The summed E-state index contributed by atoms with van der Waals surface area (Å²) in [6.45, 7) is 1.38. The third-order valence-corrected chi connectivity index (χ3v) is 6.38. The topological polar surface area (TPSA) is 70.2 Å². The Labute approximate surface area is 176 Å². The van der Waals surface area contributed by atoms with Gasteiger partial charge in [0.2, 0.25) is 11.8 Å². The first-order valence-corrected chi connectivity index (χ1v) is 10.6. The number of nitrogens with one attached hydrogen (secondary N) is 3. The lowest BCUT2D eigenvalue weighted by atomic mass is 10.1. The van der Waals surface area contributed by atoms with E-state index in [0.717, 1.165) is 17.1 Å². The molecule has 3 rings (SSSR count). The molecule has 1 aromatic rings. The Morgan fingerprint density at radius 3 is 2.67 bits per heavy atom. The summed E-state index contributed by atoms with van der Waals surface area (Å²) in [4.78, 5) is 25.3. The van der Waals surface area contributed by atoms with Gasteiger partial charge in [-0.15, -0.1) is 24.2 Å². The number of rotatable bonds is 6. The Hall–Kier alpha value is -0.950. The van der Waals surface area contributed by atoms with Crippen LogP contribution in [0.5, 0.6) is 0 Å². The summed E-state index contributed by atoms with van der Waals surface area (Å²) in [6.07, 6.45) is 7.92. The molecule has 0 radical (unpaired) electrons. The highest BCUT2D eigenvalue weighted by Gasteiger charge is 2.29. The van der Waals surface area contributed by atoms with E-state index in [1.807, 2.05) is 6.07 Å². The van der Waals surface area contributed by atoms with Crippen LogP contribution >= 0.6 is 35.8 Å². The maximum absolute atomic E-state index is 12.2. The Kier molecular flexibility index (Phi) is 9.22. The third kappa shape index (κ3) is 6.86. The SMILES string of the molecule is Cl.O=C(CC1Sc2ccc(Cl)cc2NC1=O)NCCNC1CCCCCC1. The summed E-state index contributed by atoms with van der Waals surface area (Å²) >= 11 is 7.37. The standard InChI is InChI=1S/C19H26ClN3O2S.ClH/c20-13-7-8-16-15(11-13)23-19(25)17(26-16)12-18(24)22-10-9-21-14-5-3-1-2-4-6-14;/h7-8,11,14,17,21H,1-6,9-10,12H2,(H,22,24)(H,23,25);1H. The van der Waals surface area contributed by atoms with E-state index in [9.17, 15) is 9.59 Å². The third-order valence-electron chi connectivity index (χ3n) is 4.87. The monoisotopic (exact) mass is 431 g/mol. The van der Waals surface area contributed by atoms with Gasteiger partial charge in [-0.05, 0) is 31.0 Å². The van der Waals surface area contributed by atoms with E-state index < -0.39 is 5.25 Å². The maximum atomic E-state index is 12.2. The van der Waals surface area contributed by atoms with Gasteiger partial charge < -0.3 is 16.0 Å². The van der Waals surface area contributed by atoms with Gasteiger partial charge in [-0.3, -0.25) is 9.59 Å². The van der Waals surface area contributed by atoms with Crippen molar-refractivity contribution in [2.24, 2.45) is 0 Å². The average Bonchev–Trinajstić information content (AvgIpc) is 2.88. The van der Waals surface area contributed by atoms with Crippen molar-refractivity contribution in [3.63, 3.8) is 0 Å². The zero-order valence-corrected chi connectivity index (χ0v) is 17.7. The Bertz CT molecular complexity index is 652. The predicted molar refractivity (Wildman–Crippen MR) is 114 cm³/mol. The molecule has 2 aliphatic rings. The van der Waals surface area contributed by atoms with E-state index in [0.29, 0.717) is 17.6 Å². The minimum Gasteiger partial charge on any atom is -0.355 e. The van der Waals surface area contributed by atoms with Crippen LogP contribution < -0.4 is 16.0 Å². The number of fused-ring (bicyclic) bond motifs is 1. The second kappa shape index (κ2) is 11.1. The Morgan fingerprint density at radius 1 is 1.19 bits per heavy atom. The van der Waals surface area contributed by atoms with Crippen molar-refractivity contribution in [1.82, 2.24) is 10.6 Å². The minimum atomic E-state index is -0.404. The van der Waals surface area contributed by atoms with Crippen LogP contribution in [0.1, 0.15) is 44.9 Å². The number of hydrogen-bond donors (Lipinski definition) is 3. The van der Waals surface area contributed by atoms with Crippen LogP contribution in [0.3, 0.4) is 0 Å². The Balaban J connectivity index is 0.00000261. The molecule has 1 aliphatic heterocycles. The van der Waals surface area contributed by atoms with E-state index >= 15 is 0 Å². The van der Waals surface area contributed by atoms with Gasteiger partial charge >= 0.3 is 0 Å². The first-order valence-electron chi connectivity index (χ1n) is 9.39. The smallest absolute Gasteiger partial charge is 0.238 e. The number of carbonyl (C=O) groups excluding carboxylic acids is 2. The molecular formula is C19H27Cl2N3O2S. The molecule has 1 aliphatic carbocycles. The van der Waals surface area contributed by atoms with Crippen molar-refractivity contribution in [2.75, 3.05) is 18.4 Å². The normalized spacial score (nSPS) is 20.0. The first kappa shape index (κ1) is 22.3. The van der Waals surface area contributed by atoms with Crippen molar-refractivity contribution >= 4 is 53.3 Å². The number of benzene rings is 1. The molecule has 2 amide bonds. The molecule has 1 saturated carbocycles. The van der Waals surface area contributed by atoms with Crippen LogP contribution in [0.2, 0.25) is 5.02 Å². The summed E-state index contributed by atoms with van der Waals surface area (Å²) < 4.78 is 0. The lowest BCUT2D eigenvalue weighted by molar-refractivity contribution is -0.124. The quantitative estimate of drug-likeness (QED) is 0.470. The molecule has 1 aromatic carbocycles. The summed E-state index contributed by atoms with van der Waals surface area (Å²) in [5.74, 6) is -0.228. The van der Waals surface area contributed by atoms with Gasteiger partial charge in [0.25, 0.3) is 0 Å². The maximum Gasteiger partial charge on any atom is 0.238 e. The minimum absolute atomic E-state index is 0. The van der Waals surface area contributed by atoms with Gasteiger partial charge in [0.15, 0.2) is 0 Å². The van der Waals surface area contributed by atoms with Crippen LogP contribution in [-0.4, -0.2) is 36.2 Å². The van der Waals surface area contributed by atoms with Crippen molar-refractivity contribution in [3.05, 3.63) is 23.2 Å². The largest absolute Gasteiger partial charge is 0.355 e. The molecule has 1 unspecified atom stereocenters. The fourth-order valence-electron chi connectivity index (χ4n) is 3.46. The molecule has 150 valence electrons. The van der Waals surface area contributed by atoms with Crippen molar-refractivity contribution < 1.29 is 9.59 Å². The van der Waals surface area contributed by atoms with Crippen LogP contribution in [0, 0.1) is 0 Å². The summed E-state index contributed by atoms with van der Waals surface area (Å²) in [5.41, 5.74) is 0.719. The number of halogens is 2. The number of amides is 2. The van der Waals surface area contributed by atoms with Gasteiger partial charge in [-0.25, -0.2) is 0 Å². The molecule has 0 saturated heterocycles. The fourth-order valence-corrected chi connectivity index (χ4v) is 4.72. The van der Waals surface area contributed by atoms with Crippen LogP contribution in [0.15, 0.2) is 23.1 Å². The molecule has 1 heterocycles. The lowest BCUT2D eigenvalue weighted by Gasteiger charge is -2.24. The number of carbonyl (C=O) groups is 2. The molecule has 8 heteroatoms. The fraction of sp³-hybridized carbons (Fsp3) is 0.579. The van der Waals surface area contributed by atoms with Crippen molar-refractivity contribution in [1.29, 1.82) is 0 Å². The van der Waals surface area contributed by atoms with Gasteiger partial charge in [-0.2, -0.15) is 0 Å². The van der Waals surface area contributed by atoms with Crippen molar-refractivity contribution in [3.8, 4) is 0 Å². The van der Waals surface area contributed by atoms with E-state index in [2.05, 4.69) is 16.0 Å². The molecule has 27 heavy (non-hydrogen) atoms. The zero-order valence-electron chi connectivity index (χ0n) is 15.3. The summed E-state index contributed by atoms with van der Waals surface area (Å²) in [6, 6.07) is 5.99. The summed E-state index contributed by atoms with van der Waals surface area (Å²) in [7, 11) is 0. The van der Waals surface area contributed by atoms with E-state index in [1.165, 1.54) is 50.3 Å². The molecule has 3 N–H and O–H groups in total. The molecule has 0 spiro atoms. The molecule has 0 aromatic heterocycles. The lowest BCUT2D eigenvalue weighted by Crippen LogP contribution is -2.39. The van der Waals surface area contributed by atoms with E-state index in [1.54, 1.807) is 12.1 Å². The second-order valence-electron chi connectivity index (χ2n) is 6.93. The molecule has 1 fully saturated rings. The van der Waals surface area contributed by atoms with Crippen LogP contribution in [-0.2, 0) is 9.59 Å². The molecular weight excluding hydrogens is 405 g/mol. The molecule has 1 atom stereocenters. The van der Waals surface area contributed by atoms with E-state index in [-0.39, 0.29) is 30.6 Å². The van der Waals surface area contributed by atoms with Crippen molar-refractivity contribution in [2.45, 2.75) is 61.1 Å². The summed E-state index contributed by atoms with van der Waals surface area (Å²) in [5, 5.41) is 9.48. The highest BCUT2D eigenvalue weighted by Crippen LogP contribution is 2.38. The van der Waals surface area contributed by atoms with E-state index in [4.69, 9.17) is 11.6 Å².